The Morgan fingerprint density at radius 3 is 2.41 bits per heavy atom. The molecule has 0 fully saturated rings. The van der Waals surface area contributed by atoms with Gasteiger partial charge in [-0.2, -0.15) is 0 Å². The van der Waals surface area contributed by atoms with Crippen LogP contribution in [0.25, 0.3) is 22.4 Å². The SMILES string of the molecule is O=C(COC(=O)c1cc(Br)ccc1Cl)Nc1nc(-c2ccc(-c3ccccc3)cc2)cs1. The van der Waals surface area contributed by atoms with Gasteiger partial charge >= 0.3 is 5.97 Å². The summed E-state index contributed by atoms with van der Waals surface area (Å²) >= 11 is 10.6. The van der Waals surface area contributed by atoms with E-state index in [1.807, 2.05) is 47.8 Å². The summed E-state index contributed by atoms with van der Waals surface area (Å²) < 4.78 is 5.75. The lowest BCUT2D eigenvalue weighted by Crippen LogP contribution is -2.21. The molecule has 0 atom stereocenters. The van der Waals surface area contributed by atoms with E-state index in [-0.39, 0.29) is 10.6 Å². The number of halogens is 2. The Labute approximate surface area is 202 Å². The highest BCUT2D eigenvalue weighted by Gasteiger charge is 2.15. The molecule has 0 unspecified atom stereocenters. The molecule has 0 saturated carbocycles. The zero-order valence-corrected chi connectivity index (χ0v) is 19.7. The van der Waals surface area contributed by atoms with E-state index in [0.29, 0.717) is 9.60 Å². The molecule has 1 amide bonds. The van der Waals surface area contributed by atoms with Crippen molar-refractivity contribution in [2.75, 3.05) is 11.9 Å². The van der Waals surface area contributed by atoms with Crippen LogP contribution < -0.4 is 5.32 Å². The maximum Gasteiger partial charge on any atom is 0.340 e. The normalized spacial score (nSPS) is 10.6. The van der Waals surface area contributed by atoms with Crippen molar-refractivity contribution in [2.24, 2.45) is 0 Å². The van der Waals surface area contributed by atoms with Gasteiger partial charge in [-0.1, -0.05) is 82.1 Å². The van der Waals surface area contributed by atoms with Gasteiger partial charge in [0, 0.05) is 15.4 Å². The smallest absolute Gasteiger partial charge is 0.340 e. The van der Waals surface area contributed by atoms with Crippen LogP contribution in [0.5, 0.6) is 0 Å². The van der Waals surface area contributed by atoms with Crippen LogP contribution in [-0.4, -0.2) is 23.5 Å². The van der Waals surface area contributed by atoms with Crippen molar-refractivity contribution in [3.05, 3.63) is 93.2 Å². The minimum atomic E-state index is -0.676. The second kappa shape index (κ2) is 10.1. The number of benzene rings is 3. The Kier molecular flexibility index (Phi) is 6.99. The molecule has 0 aliphatic rings. The first kappa shape index (κ1) is 22.2. The van der Waals surface area contributed by atoms with Crippen LogP contribution in [-0.2, 0) is 9.53 Å². The van der Waals surface area contributed by atoms with Crippen molar-refractivity contribution in [2.45, 2.75) is 0 Å². The van der Waals surface area contributed by atoms with Gasteiger partial charge in [0.1, 0.15) is 0 Å². The van der Waals surface area contributed by atoms with Crippen LogP contribution in [0.2, 0.25) is 5.02 Å². The van der Waals surface area contributed by atoms with E-state index in [0.717, 1.165) is 22.4 Å². The van der Waals surface area contributed by atoms with Crippen LogP contribution in [0.15, 0.2) is 82.6 Å². The molecule has 160 valence electrons. The van der Waals surface area contributed by atoms with Crippen molar-refractivity contribution >= 4 is 55.9 Å². The molecule has 1 aromatic heterocycles. The van der Waals surface area contributed by atoms with E-state index in [2.05, 4.69) is 38.4 Å². The molecule has 32 heavy (non-hydrogen) atoms. The summed E-state index contributed by atoms with van der Waals surface area (Å²) in [5, 5.41) is 5.19. The highest BCUT2D eigenvalue weighted by molar-refractivity contribution is 9.10. The number of hydrogen-bond donors (Lipinski definition) is 1. The third-order valence-electron chi connectivity index (χ3n) is 4.52. The number of nitrogens with one attached hydrogen (secondary N) is 1. The summed E-state index contributed by atoms with van der Waals surface area (Å²) in [5.41, 5.74) is 4.14. The van der Waals surface area contributed by atoms with Crippen LogP contribution >= 0.6 is 38.9 Å². The zero-order valence-electron chi connectivity index (χ0n) is 16.5. The van der Waals surface area contributed by atoms with Crippen LogP contribution in [0.1, 0.15) is 10.4 Å². The lowest BCUT2D eigenvalue weighted by molar-refractivity contribution is -0.119. The van der Waals surface area contributed by atoms with Crippen molar-refractivity contribution in [3.63, 3.8) is 0 Å². The molecule has 8 heteroatoms. The molecular weight excluding hydrogens is 512 g/mol. The molecule has 0 bridgehead atoms. The van der Waals surface area contributed by atoms with Gasteiger partial charge < -0.3 is 4.74 Å². The first-order chi connectivity index (χ1) is 15.5. The van der Waals surface area contributed by atoms with Gasteiger partial charge in [-0.25, -0.2) is 9.78 Å². The molecule has 4 rings (SSSR count). The predicted molar refractivity (Wildman–Crippen MR) is 131 cm³/mol. The van der Waals surface area contributed by atoms with Gasteiger partial charge in [-0.15, -0.1) is 11.3 Å². The fourth-order valence-corrected chi connectivity index (χ4v) is 4.24. The molecule has 3 aromatic carbocycles. The van der Waals surface area contributed by atoms with E-state index in [1.54, 1.807) is 18.2 Å². The van der Waals surface area contributed by atoms with E-state index < -0.39 is 18.5 Å². The number of thiazole rings is 1. The Balaban J connectivity index is 1.35. The maximum absolute atomic E-state index is 12.2. The van der Waals surface area contributed by atoms with Gasteiger partial charge in [-0.3, -0.25) is 10.1 Å². The molecular formula is C24H16BrClN2O3S. The van der Waals surface area contributed by atoms with Crippen molar-refractivity contribution in [3.8, 4) is 22.4 Å². The minimum absolute atomic E-state index is 0.185. The average Bonchev–Trinajstić information content (AvgIpc) is 3.28. The molecule has 0 saturated heterocycles. The number of amides is 1. The van der Waals surface area contributed by atoms with Gasteiger partial charge in [0.05, 0.1) is 16.3 Å². The van der Waals surface area contributed by atoms with Crippen molar-refractivity contribution in [1.29, 1.82) is 0 Å². The lowest BCUT2D eigenvalue weighted by Gasteiger charge is -2.06. The number of carbonyl (C=O) groups excluding carboxylic acids is 2. The Morgan fingerprint density at radius 1 is 0.969 bits per heavy atom. The van der Waals surface area contributed by atoms with Gasteiger partial charge in [0.15, 0.2) is 11.7 Å². The number of nitrogens with zero attached hydrogens (tertiary/aromatic N) is 1. The van der Waals surface area contributed by atoms with E-state index in [1.165, 1.54) is 11.3 Å². The number of rotatable bonds is 6. The third-order valence-corrected chi connectivity index (χ3v) is 6.10. The third kappa shape index (κ3) is 5.43. The standard InChI is InChI=1S/C24H16BrClN2O3S/c25-18-10-11-20(26)19(12-18)23(30)31-13-22(29)28-24-27-21(14-32-24)17-8-6-16(7-9-17)15-4-2-1-3-5-15/h1-12,14H,13H2,(H,27,28,29). The van der Waals surface area contributed by atoms with Crippen LogP contribution in [0.4, 0.5) is 5.13 Å². The van der Waals surface area contributed by atoms with Gasteiger partial charge in [0.2, 0.25) is 0 Å². The highest BCUT2D eigenvalue weighted by atomic mass is 79.9. The van der Waals surface area contributed by atoms with Crippen molar-refractivity contribution in [1.82, 2.24) is 4.98 Å². The van der Waals surface area contributed by atoms with Gasteiger partial charge in [-0.05, 0) is 29.3 Å². The monoisotopic (exact) mass is 526 g/mol. The van der Waals surface area contributed by atoms with E-state index in [4.69, 9.17) is 16.3 Å². The number of anilines is 1. The summed E-state index contributed by atoms with van der Waals surface area (Å²) in [4.78, 5) is 28.8. The quantitative estimate of drug-likeness (QED) is 0.284. The number of aromatic nitrogens is 1. The fourth-order valence-electron chi connectivity index (χ4n) is 2.95. The van der Waals surface area contributed by atoms with Crippen LogP contribution in [0, 0.1) is 0 Å². The Morgan fingerprint density at radius 2 is 1.66 bits per heavy atom. The predicted octanol–water partition coefficient (Wildman–Crippen LogP) is 6.69. The highest BCUT2D eigenvalue weighted by Crippen LogP contribution is 2.28. The second-order valence-electron chi connectivity index (χ2n) is 6.73. The largest absolute Gasteiger partial charge is 0.452 e. The summed E-state index contributed by atoms with van der Waals surface area (Å²) in [6, 6.07) is 23.0. The van der Waals surface area contributed by atoms with E-state index >= 15 is 0 Å². The molecule has 4 aromatic rings. The molecule has 5 nitrogen and oxygen atoms in total. The zero-order chi connectivity index (χ0) is 22.5. The fraction of sp³-hybridized carbons (Fsp3) is 0.0417. The number of hydrogen-bond acceptors (Lipinski definition) is 5. The van der Waals surface area contributed by atoms with E-state index in [9.17, 15) is 9.59 Å². The Bertz CT molecular complexity index is 1260. The molecule has 1 heterocycles. The average molecular weight is 528 g/mol. The second-order valence-corrected chi connectivity index (χ2v) is 8.91. The Hall–Kier alpha value is -3.00. The van der Waals surface area contributed by atoms with Gasteiger partial charge in [0.25, 0.3) is 5.91 Å². The maximum atomic E-state index is 12.2. The summed E-state index contributed by atoms with van der Waals surface area (Å²) in [5.74, 6) is -1.16. The summed E-state index contributed by atoms with van der Waals surface area (Å²) in [6.07, 6.45) is 0. The molecule has 0 spiro atoms. The number of carbonyl (C=O) groups is 2. The molecule has 1 N–H and O–H groups in total. The summed E-state index contributed by atoms with van der Waals surface area (Å²) in [7, 11) is 0. The first-order valence-corrected chi connectivity index (χ1v) is 11.6. The molecule has 0 aliphatic heterocycles. The van der Waals surface area contributed by atoms with Crippen molar-refractivity contribution < 1.29 is 14.3 Å². The molecule has 0 aliphatic carbocycles. The number of esters is 1. The minimum Gasteiger partial charge on any atom is -0.452 e. The summed E-state index contributed by atoms with van der Waals surface area (Å²) in [6.45, 7) is -0.442. The first-order valence-electron chi connectivity index (χ1n) is 9.53. The van der Waals surface area contributed by atoms with Crippen LogP contribution in [0.3, 0.4) is 0 Å². The molecule has 0 radical (unpaired) electrons. The lowest BCUT2D eigenvalue weighted by atomic mass is 10.0. The number of ether oxygens (including phenoxy) is 1. The topological polar surface area (TPSA) is 68.3 Å².